The molecule has 0 amide bonds. The van der Waals surface area contributed by atoms with E-state index in [0.717, 1.165) is 6.20 Å². The van der Waals surface area contributed by atoms with Crippen LogP contribution in [-0.4, -0.2) is 25.0 Å². The highest BCUT2D eigenvalue weighted by molar-refractivity contribution is 8.02. The zero-order valence-corrected chi connectivity index (χ0v) is 9.48. The molecular formula is C8H11ClN2O2S. The number of ether oxygens (including phenoxy) is 1. The lowest BCUT2D eigenvalue weighted by Crippen LogP contribution is -2.17. The summed E-state index contributed by atoms with van der Waals surface area (Å²) in [5.41, 5.74) is 5.12. The molecule has 0 saturated heterocycles. The number of hydrogen-bond donors (Lipinski definition) is 1. The number of methoxy groups -OCH3 is 1. The summed E-state index contributed by atoms with van der Waals surface area (Å²) in [6.07, 6.45) is 2.85. The van der Waals surface area contributed by atoms with Crippen LogP contribution in [0, 0.1) is 0 Å². The molecule has 0 aromatic heterocycles. The van der Waals surface area contributed by atoms with Gasteiger partial charge in [0.1, 0.15) is 0 Å². The molecule has 0 atom stereocenters. The summed E-state index contributed by atoms with van der Waals surface area (Å²) in [4.78, 5) is 15.0. The van der Waals surface area contributed by atoms with Crippen LogP contribution in [0.3, 0.4) is 0 Å². The summed E-state index contributed by atoms with van der Waals surface area (Å²) in [7, 11) is 1.24. The molecule has 6 heteroatoms. The smallest absolute Gasteiger partial charge is 0.358 e. The summed E-state index contributed by atoms with van der Waals surface area (Å²) in [5, 5.41) is 0.484. The molecule has 0 aliphatic heterocycles. The summed E-state index contributed by atoms with van der Waals surface area (Å²) in [6.45, 7) is 3.59. The van der Waals surface area contributed by atoms with Crippen molar-refractivity contribution in [2.45, 2.75) is 0 Å². The number of hydrogen-bond acceptors (Lipinski definition) is 5. The number of nitrogens with zero attached hydrogens (tertiary/aromatic N) is 1. The minimum Gasteiger partial charge on any atom is -0.464 e. The predicted molar refractivity (Wildman–Crippen MR) is 60.2 cm³/mol. The number of halogens is 1. The van der Waals surface area contributed by atoms with Crippen LogP contribution < -0.4 is 5.73 Å². The van der Waals surface area contributed by atoms with Crippen molar-refractivity contribution >= 4 is 35.0 Å². The highest BCUT2D eigenvalue weighted by Gasteiger charge is 2.15. The van der Waals surface area contributed by atoms with Gasteiger partial charge in [0.05, 0.1) is 17.2 Å². The number of aliphatic imine (C=N–C) groups is 1. The Morgan fingerprint density at radius 3 is 2.64 bits per heavy atom. The van der Waals surface area contributed by atoms with Gasteiger partial charge < -0.3 is 10.5 Å². The van der Waals surface area contributed by atoms with Gasteiger partial charge in [-0.05, 0) is 6.26 Å². The average molecular weight is 235 g/mol. The number of nitrogens with two attached hydrogens (primary N) is 1. The standard InChI is InChI=1S/C8H11ClN2O2S/c1-5(14-3)11-7(6(9)4-10)8(12)13-2/h4H,1,10H2,2-3H3/b6-4+,11-7?. The normalized spacial score (nSPS) is 12.5. The van der Waals surface area contributed by atoms with Crippen molar-refractivity contribution in [2.75, 3.05) is 13.4 Å². The zero-order chi connectivity index (χ0) is 11.1. The largest absolute Gasteiger partial charge is 0.464 e. The van der Waals surface area contributed by atoms with Crippen LogP contribution in [0.25, 0.3) is 0 Å². The summed E-state index contributed by atoms with van der Waals surface area (Å²) in [5.74, 6) is -0.646. The quantitative estimate of drug-likeness (QED) is 0.591. The lowest BCUT2D eigenvalue weighted by Gasteiger charge is -2.02. The molecule has 0 aliphatic rings. The van der Waals surface area contributed by atoms with E-state index in [2.05, 4.69) is 16.3 Å². The van der Waals surface area contributed by atoms with Gasteiger partial charge in [-0.25, -0.2) is 9.79 Å². The van der Waals surface area contributed by atoms with Crippen LogP contribution >= 0.6 is 23.4 Å². The molecule has 0 aromatic rings. The van der Waals surface area contributed by atoms with Crippen molar-refractivity contribution in [1.29, 1.82) is 0 Å². The Kier molecular flexibility index (Phi) is 6.07. The van der Waals surface area contributed by atoms with Gasteiger partial charge >= 0.3 is 5.97 Å². The molecule has 2 N–H and O–H groups in total. The Morgan fingerprint density at radius 2 is 2.29 bits per heavy atom. The molecule has 0 heterocycles. The monoisotopic (exact) mass is 234 g/mol. The van der Waals surface area contributed by atoms with E-state index >= 15 is 0 Å². The number of carbonyl (C=O) groups is 1. The lowest BCUT2D eigenvalue weighted by atomic mass is 10.3. The summed E-state index contributed by atoms with van der Waals surface area (Å²) in [6, 6.07) is 0. The van der Waals surface area contributed by atoms with E-state index in [1.54, 1.807) is 6.26 Å². The van der Waals surface area contributed by atoms with E-state index < -0.39 is 5.97 Å². The minimum absolute atomic E-state index is 0.0343. The van der Waals surface area contributed by atoms with Gasteiger partial charge in [-0.3, -0.25) is 0 Å². The molecule has 0 saturated carbocycles. The highest BCUT2D eigenvalue weighted by atomic mass is 35.5. The first-order valence-electron chi connectivity index (χ1n) is 3.54. The van der Waals surface area contributed by atoms with Crippen molar-refractivity contribution in [3.8, 4) is 0 Å². The van der Waals surface area contributed by atoms with Gasteiger partial charge in [-0.1, -0.05) is 18.2 Å². The number of thioether (sulfide) groups is 1. The van der Waals surface area contributed by atoms with E-state index in [1.807, 2.05) is 0 Å². The first-order valence-corrected chi connectivity index (χ1v) is 5.14. The van der Waals surface area contributed by atoms with E-state index in [4.69, 9.17) is 17.3 Å². The third kappa shape index (κ3) is 3.85. The first kappa shape index (κ1) is 13.1. The maximum Gasteiger partial charge on any atom is 0.358 e. The maximum atomic E-state index is 11.2. The number of rotatable bonds is 4. The minimum atomic E-state index is -0.646. The fraction of sp³-hybridized carbons (Fsp3) is 0.250. The van der Waals surface area contributed by atoms with Gasteiger partial charge in [-0.15, -0.1) is 11.8 Å². The van der Waals surface area contributed by atoms with Crippen LogP contribution in [0.1, 0.15) is 0 Å². The molecule has 0 radical (unpaired) electrons. The van der Waals surface area contributed by atoms with E-state index in [9.17, 15) is 4.79 Å². The fourth-order valence-corrected chi connectivity index (χ4v) is 0.844. The van der Waals surface area contributed by atoms with Crippen LogP contribution in [0.4, 0.5) is 0 Å². The van der Waals surface area contributed by atoms with Crippen LogP contribution in [0.2, 0.25) is 0 Å². The Balaban J connectivity index is 5.01. The second-order valence-corrected chi connectivity index (χ2v) is 3.35. The molecular weight excluding hydrogens is 224 g/mol. The van der Waals surface area contributed by atoms with Gasteiger partial charge in [0.25, 0.3) is 0 Å². The molecule has 78 valence electrons. The van der Waals surface area contributed by atoms with Gasteiger partial charge in [0, 0.05) is 6.20 Å². The van der Waals surface area contributed by atoms with Crippen molar-refractivity contribution in [3.05, 3.63) is 22.8 Å². The van der Waals surface area contributed by atoms with Gasteiger partial charge in [0.15, 0.2) is 5.71 Å². The van der Waals surface area contributed by atoms with E-state index in [0.29, 0.717) is 5.03 Å². The Morgan fingerprint density at radius 1 is 1.71 bits per heavy atom. The second kappa shape index (κ2) is 6.50. The molecule has 0 aliphatic carbocycles. The summed E-state index contributed by atoms with van der Waals surface area (Å²) < 4.78 is 4.48. The lowest BCUT2D eigenvalue weighted by molar-refractivity contribution is -0.132. The van der Waals surface area contributed by atoms with E-state index in [-0.39, 0.29) is 10.7 Å². The van der Waals surface area contributed by atoms with Crippen LogP contribution in [-0.2, 0) is 9.53 Å². The first-order chi connectivity index (χ1) is 6.56. The highest BCUT2D eigenvalue weighted by Crippen LogP contribution is 2.14. The molecule has 0 unspecified atom stereocenters. The molecule has 14 heavy (non-hydrogen) atoms. The number of carbonyl (C=O) groups excluding carboxylic acids is 1. The van der Waals surface area contributed by atoms with Crippen LogP contribution in [0.15, 0.2) is 27.8 Å². The SMILES string of the molecule is C=C(N=C(C(=O)OC)/C(Cl)=C\N)SC. The Labute approximate surface area is 91.9 Å². The zero-order valence-electron chi connectivity index (χ0n) is 7.91. The molecule has 0 aromatic carbocycles. The third-order valence-corrected chi connectivity index (χ3v) is 2.09. The second-order valence-electron chi connectivity index (χ2n) is 2.06. The summed E-state index contributed by atoms with van der Waals surface area (Å²) >= 11 is 6.95. The topological polar surface area (TPSA) is 64.7 Å². The fourth-order valence-electron chi connectivity index (χ4n) is 0.543. The van der Waals surface area contributed by atoms with Gasteiger partial charge in [0.2, 0.25) is 0 Å². The molecule has 0 rings (SSSR count). The Bertz CT molecular complexity index is 300. The van der Waals surface area contributed by atoms with Crippen LogP contribution in [0.5, 0.6) is 0 Å². The van der Waals surface area contributed by atoms with Crippen molar-refractivity contribution in [2.24, 2.45) is 10.7 Å². The molecule has 0 fully saturated rings. The predicted octanol–water partition coefficient (Wildman–Crippen LogP) is 1.47. The molecule has 0 spiro atoms. The van der Waals surface area contributed by atoms with Crippen molar-refractivity contribution in [1.82, 2.24) is 0 Å². The van der Waals surface area contributed by atoms with Crippen molar-refractivity contribution in [3.63, 3.8) is 0 Å². The van der Waals surface area contributed by atoms with Gasteiger partial charge in [-0.2, -0.15) is 0 Å². The number of esters is 1. The average Bonchev–Trinajstić information content (AvgIpc) is 2.23. The Hall–Kier alpha value is -0.940. The van der Waals surface area contributed by atoms with E-state index in [1.165, 1.54) is 18.9 Å². The third-order valence-electron chi connectivity index (χ3n) is 1.22. The molecule has 4 nitrogen and oxygen atoms in total. The molecule has 0 bridgehead atoms. The maximum absolute atomic E-state index is 11.2. The van der Waals surface area contributed by atoms with Crippen molar-refractivity contribution < 1.29 is 9.53 Å².